The molecule has 0 bridgehead atoms. The molecule has 15 heavy (non-hydrogen) atoms. The molecule has 0 aromatic carbocycles. The zero-order valence-electron chi connectivity index (χ0n) is 8.68. The first kappa shape index (κ1) is 11.2. The van der Waals surface area contributed by atoms with Gasteiger partial charge in [0, 0.05) is 21.0 Å². The molecule has 0 N–H and O–H groups in total. The van der Waals surface area contributed by atoms with Gasteiger partial charge in [-0.3, -0.25) is 14.6 Å². The number of amidine groups is 1. The minimum Gasteiger partial charge on any atom is -0.317 e. The molecule has 3 amide bonds. The Morgan fingerprint density at radius 3 is 2.47 bits per heavy atom. The van der Waals surface area contributed by atoms with E-state index in [4.69, 9.17) is 0 Å². The Labute approximate surface area is 86.3 Å². The van der Waals surface area contributed by atoms with Crippen LogP contribution in [0.25, 0.3) is 0 Å². The van der Waals surface area contributed by atoms with Crippen LogP contribution in [0, 0.1) is 0 Å². The first-order valence-corrected chi connectivity index (χ1v) is 4.22. The summed E-state index contributed by atoms with van der Waals surface area (Å²) in [6.45, 7) is 1.18. The summed E-state index contributed by atoms with van der Waals surface area (Å²) in [6, 6.07) is -0.503. The lowest BCUT2D eigenvalue weighted by Gasteiger charge is -2.29. The number of carbonyl (C=O) groups is 3. The summed E-state index contributed by atoms with van der Waals surface area (Å²) in [5.74, 6) is -0.864. The lowest BCUT2D eigenvalue weighted by atomic mass is 10.3. The predicted octanol–water partition coefficient (Wildman–Crippen LogP) is -0.223. The zero-order valence-corrected chi connectivity index (χ0v) is 8.68. The topological polar surface area (TPSA) is 79.3 Å². The molecular formula is C8H11N3O4. The molecule has 7 nitrogen and oxygen atoms in total. The van der Waals surface area contributed by atoms with Crippen LogP contribution in [0.5, 0.6) is 0 Å². The third-order valence-electron chi connectivity index (χ3n) is 1.92. The van der Waals surface area contributed by atoms with E-state index < -0.39 is 12.0 Å². The SMILES string of the molecule is CC(=O)ON=C1CC(=O)N(C)C(=O)N1C. The van der Waals surface area contributed by atoms with Gasteiger partial charge in [0.1, 0.15) is 0 Å². The summed E-state index contributed by atoms with van der Waals surface area (Å²) < 4.78 is 0. The van der Waals surface area contributed by atoms with Crippen molar-refractivity contribution in [1.82, 2.24) is 9.80 Å². The van der Waals surface area contributed by atoms with Crippen molar-refractivity contribution in [2.45, 2.75) is 13.3 Å². The van der Waals surface area contributed by atoms with Gasteiger partial charge in [0.25, 0.3) is 0 Å². The van der Waals surface area contributed by atoms with Gasteiger partial charge in [-0.15, -0.1) is 0 Å². The molecule has 1 rings (SSSR count). The van der Waals surface area contributed by atoms with Crippen LogP contribution in [0.4, 0.5) is 4.79 Å². The highest BCUT2D eigenvalue weighted by Gasteiger charge is 2.32. The van der Waals surface area contributed by atoms with Crippen molar-refractivity contribution in [1.29, 1.82) is 0 Å². The minimum atomic E-state index is -0.602. The second kappa shape index (κ2) is 4.07. The Hall–Kier alpha value is -1.92. The molecule has 1 fully saturated rings. The fourth-order valence-corrected chi connectivity index (χ4v) is 1.02. The van der Waals surface area contributed by atoms with E-state index in [2.05, 4.69) is 9.99 Å². The van der Waals surface area contributed by atoms with Gasteiger partial charge in [-0.1, -0.05) is 5.16 Å². The standard InChI is InChI=1S/C8H11N3O4/c1-5(12)15-9-6-4-7(13)11(3)8(14)10(6)2/h4H2,1-3H3. The summed E-state index contributed by atoms with van der Waals surface area (Å²) in [6.07, 6.45) is -0.0635. The molecule has 0 radical (unpaired) electrons. The number of hydrogen-bond donors (Lipinski definition) is 0. The Morgan fingerprint density at radius 2 is 1.93 bits per heavy atom. The maximum atomic E-state index is 11.4. The van der Waals surface area contributed by atoms with Crippen molar-refractivity contribution in [3.05, 3.63) is 0 Å². The lowest BCUT2D eigenvalue weighted by molar-refractivity contribution is -0.141. The quantitative estimate of drug-likeness (QED) is 0.445. The first-order chi connectivity index (χ1) is 6.93. The maximum absolute atomic E-state index is 11.4. The molecule has 0 unspecified atom stereocenters. The second-order valence-corrected chi connectivity index (χ2v) is 3.06. The average Bonchev–Trinajstić information content (AvgIpc) is 2.18. The van der Waals surface area contributed by atoms with Crippen molar-refractivity contribution in [2.24, 2.45) is 5.16 Å². The first-order valence-electron chi connectivity index (χ1n) is 4.22. The highest BCUT2D eigenvalue weighted by molar-refractivity contribution is 6.15. The molecule has 0 atom stereocenters. The van der Waals surface area contributed by atoms with Crippen molar-refractivity contribution in [2.75, 3.05) is 14.1 Å². The number of imide groups is 1. The Balaban J connectivity index is 2.83. The van der Waals surface area contributed by atoms with Gasteiger partial charge in [-0.2, -0.15) is 0 Å². The molecule has 0 saturated carbocycles. The van der Waals surface area contributed by atoms with E-state index in [-0.39, 0.29) is 18.2 Å². The van der Waals surface area contributed by atoms with E-state index >= 15 is 0 Å². The van der Waals surface area contributed by atoms with Gasteiger partial charge in [0.15, 0.2) is 5.84 Å². The number of urea groups is 1. The maximum Gasteiger partial charge on any atom is 0.332 e. The molecule has 1 saturated heterocycles. The molecule has 1 aliphatic rings. The molecule has 1 aliphatic heterocycles. The van der Waals surface area contributed by atoms with Crippen molar-refractivity contribution in [3.63, 3.8) is 0 Å². The van der Waals surface area contributed by atoms with Crippen molar-refractivity contribution >= 4 is 23.7 Å². The average molecular weight is 213 g/mol. The van der Waals surface area contributed by atoms with E-state index in [1.165, 1.54) is 21.0 Å². The number of amides is 3. The van der Waals surface area contributed by atoms with Gasteiger partial charge in [0.2, 0.25) is 5.91 Å². The number of carbonyl (C=O) groups excluding carboxylic acids is 3. The molecule has 0 aliphatic carbocycles. The largest absolute Gasteiger partial charge is 0.332 e. The minimum absolute atomic E-state index is 0.0635. The zero-order chi connectivity index (χ0) is 11.6. The van der Waals surface area contributed by atoms with Crippen LogP contribution in [-0.2, 0) is 14.4 Å². The predicted molar refractivity (Wildman–Crippen MR) is 49.7 cm³/mol. The van der Waals surface area contributed by atoms with Crippen molar-refractivity contribution in [3.8, 4) is 0 Å². The molecule has 1 heterocycles. The van der Waals surface area contributed by atoms with Gasteiger partial charge < -0.3 is 4.84 Å². The van der Waals surface area contributed by atoms with E-state index in [0.717, 1.165) is 9.80 Å². The van der Waals surface area contributed by atoms with Crippen LogP contribution in [-0.4, -0.2) is 47.6 Å². The second-order valence-electron chi connectivity index (χ2n) is 3.06. The summed E-state index contributed by atoms with van der Waals surface area (Å²) in [5, 5.41) is 3.42. The smallest absolute Gasteiger partial charge is 0.317 e. The molecular weight excluding hydrogens is 202 g/mol. The Bertz CT molecular complexity index is 350. The molecule has 7 heteroatoms. The summed E-state index contributed by atoms with van der Waals surface area (Å²) >= 11 is 0. The highest BCUT2D eigenvalue weighted by Crippen LogP contribution is 2.09. The van der Waals surface area contributed by atoms with Gasteiger partial charge in [-0.05, 0) is 0 Å². The number of nitrogens with zero attached hydrogens (tertiary/aromatic N) is 3. The van der Waals surface area contributed by atoms with Gasteiger partial charge in [-0.25, -0.2) is 9.59 Å². The molecule has 0 spiro atoms. The molecule has 0 aromatic rings. The number of hydrogen-bond acceptors (Lipinski definition) is 5. The molecule has 0 aromatic heterocycles. The van der Waals surface area contributed by atoms with Crippen LogP contribution >= 0.6 is 0 Å². The summed E-state index contributed by atoms with van der Waals surface area (Å²) in [4.78, 5) is 39.7. The third-order valence-corrected chi connectivity index (χ3v) is 1.92. The number of oxime groups is 1. The van der Waals surface area contributed by atoms with Crippen LogP contribution in [0.15, 0.2) is 5.16 Å². The monoisotopic (exact) mass is 213 g/mol. The van der Waals surface area contributed by atoms with Crippen molar-refractivity contribution < 1.29 is 19.2 Å². The molecule has 82 valence electrons. The van der Waals surface area contributed by atoms with Crippen LogP contribution < -0.4 is 0 Å². The van der Waals surface area contributed by atoms with Gasteiger partial charge in [0.05, 0.1) is 6.42 Å². The fourth-order valence-electron chi connectivity index (χ4n) is 1.02. The number of rotatable bonds is 1. The fraction of sp³-hybridized carbons (Fsp3) is 0.500. The Morgan fingerprint density at radius 1 is 1.33 bits per heavy atom. The van der Waals surface area contributed by atoms with E-state index in [0.29, 0.717) is 0 Å². The van der Waals surface area contributed by atoms with Crippen LogP contribution in [0.1, 0.15) is 13.3 Å². The van der Waals surface area contributed by atoms with Gasteiger partial charge >= 0.3 is 12.0 Å². The third kappa shape index (κ3) is 2.30. The summed E-state index contributed by atoms with van der Waals surface area (Å²) in [7, 11) is 2.83. The summed E-state index contributed by atoms with van der Waals surface area (Å²) in [5.41, 5.74) is 0. The van der Waals surface area contributed by atoms with Crippen LogP contribution in [0.3, 0.4) is 0 Å². The highest BCUT2D eigenvalue weighted by atomic mass is 16.7. The lowest BCUT2D eigenvalue weighted by Crippen LogP contribution is -2.51. The van der Waals surface area contributed by atoms with E-state index in [1.807, 2.05) is 0 Å². The van der Waals surface area contributed by atoms with Crippen LogP contribution in [0.2, 0.25) is 0 Å². The van der Waals surface area contributed by atoms with E-state index in [9.17, 15) is 14.4 Å². The normalized spacial score (nSPS) is 19.8. The van der Waals surface area contributed by atoms with E-state index in [1.54, 1.807) is 0 Å². The Kier molecular flexibility index (Phi) is 3.03.